The molecule has 0 saturated heterocycles. The Morgan fingerprint density at radius 2 is 1.95 bits per heavy atom. The molecule has 0 amide bonds. The maximum atomic E-state index is 5.93. The van der Waals surface area contributed by atoms with E-state index >= 15 is 0 Å². The quantitative estimate of drug-likeness (QED) is 0.782. The summed E-state index contributed by atoms with van der Waals surface area (Å²) in [6.45, 7) is 0. The van der Waals surface area contributed by atoms with Gasteiger partial charge in [-0.25, -0.2) is 0 Å². The van der Waals surface area contributed by atoms with Crippen LogP contribution in [0.15, 0.2) is 51.7 Å². The highest BCUT2D eigenvalue weighted by atomic mass is 79.9. The van der Waals surface area contributed by atoms with Crippen molar-refractivity contribution in [3.05, 3.63) is 47.2 Å². The number of pyridine rings is 1. The Hall–Kier alpha value is -2.34. The fourth-order valence-corrected chi connectivity index (χ4v) is 2.48. The van der Waals surface area contributed by atoms with Crippen LogP contribution < -0.4 is 10.5 Å². The summed E-state index contributed by atoms with van der Waals surface area (Å²) in [6, 6.07) is 9.41. The Morgan fingerprint density at radius 3 is 2.67 bits per heavy atom. The largest absolute Gasteiger partial charge is 0.496 e. The second-order valence-electron chi connectivity index (χ2n) is 4.35. The molecule has 0 radical (unpaired) electrons. The molecule has 1 aromatic carbocycles. The number of hydrogen-bond acceptors (Lipinski definition) is 5. The van der Waals surface area contributed by atoms with Crippen LogP contribution in [0.1, 0.15) is 0 Å². The third-order valence-electron chi connectivity index (χ3n) is 3.11. The number of rotatable bonds is 3. The molecule has 0 aliphatic carbocycles. The van der Waals surface area contributed by atoms with Gasteiger partial charge in [0.1, 0.15) is 11.4 Å². The fourth-order valence-electron chi connectivity index (χ4n) is 2.14. The van der Waals surface area contributed by atoms with Crippen molar-refractivity contribution in [2.45, 2.75) is 0 Å². The van der Waals surface area contributed by atoms with Gasteiger partial charge in [0.15, 0.2) is 0 Å². The van der Waals surface area contributed by atoms with E-state index in [1.54, 1.807) is 19.5 Å². The van der Waals surface area contributed by atoms with Gasteiger partial charge in [0.25, 0.3) is 0 Å². The summed E-state index contributed by atoms with van der Waals surface area (Å²) in [5.41, 5.74) is 9.01. The summed E-state index contributed by atoms with van der Waals surface area (Å²) in [4.78, 5) is 4.01. The summed E-state index contributed by atoms with van der Waals surface area (Å²) in [5, 5.41) is 4.08. The van der Waals surface area contributed by atoms with Crippen molar-refractivity contribution in [3.63, 3.8) is 0 Å². The molecule has 0 unspecified atom stereocenters. The number of methoxy groups -OCH3 is 1. The smallest absolute Gasteiger partial charge is 0.230 e. The number of nitrogens with two attached hydrogens (primary N) is 1. The Balaban J connectivity index is 2.21. The molecule has 0 atom stereocenters. The van der Waals surface area contributed by atoms with E-state index in [0.29, 0.717) is 11.4 Å². The topological polar surface area (TPSA) is 74.2 Å². The van der Waals surface area contributed by atoms with Gasteiger partial charge in [-0.05, 0) is 35.9 Å². The lowest BCUT2D eigenvalue weighted by Crippen LogP contribution is -1.91. The van der Waals surface area contributed by atoms with Gasteiger partial charge in [0, 0.05) is 22.4 Å². The molecule has 0 fully saturated rings. The first-order valence-electron chi connectivity index (χ1n) is 6.20. The first-order valence-corrected chi connectivity index (χ1v) is 6.99. The number of ether oxygens (including phenoxy) is 1. The minimum atomic E-state index is 0.265. The molecule has 106 valence electrons. The number of halogens is 1. The van der Waals surface area contributed by atoms with E-state index in [4.69, 9.17) is 15.0 Å². The monoisotopic (exact) mass is 345 g/mol. The Morgan fingerprint density at radius 1 is 1.19 bits per heavy atom. The lowest BCUT2D eigenvalue weighted by molar-refractivity contribution is 0.413. The van der Waals surface area contributed by atoms with Gasteiger partial charge in [0.2, 0.25) is 5.88 Å². The highest BCUT2D eigenvalue weighted by molar-refractivity contribution is 9.10. The van der Waals surface area contributed by atoms with Crippen molar-refractivity contribution in [2.75, 3.05) is 12.8 Å². The van der Waals surface area contributed by atoms with Crippen LogP contribution in [0.4, 0.5) is 5.88 Å². The van der Waals surface area contributed by atoms with Crippen molar-refractivity contribution in [1.82, 2.24) is 10.1 Å². The molecule has 3 rings (SSSR count). The molecule has 5 nitrogen and oxygen atoms in total. The van der Waals surface area contributed by atoms with Gasteiger partial charge in [-0.2, -0.15) is 0 Å². The molecule has 3 aromatic rings. The average Bonchev–Trinajstić information content (AvgIpc) is 2.89. The van der Waals surface area contributed by atoms with Crippen LogP contribution in [0, 0.1) is 0 Å². The molecule has 6 heteroatoms. The molecule has 0 aliphatic heterocycles. The van der Waals surface area contributed by atoms with Gasteiger partial charge in [-0.1, -0.05) is 21.1 Å². The van der Waals surface area contributed by atoms with Crippen LogP contribution in [-0.4, -0.2) is 17.3 Å². The molecule has 0 spiro atoms. The van der Waals surface area contributed by atoms with Gasteiger partial charge >= 0.3 is 0 Å². The van der Waals surface area contributed by atoms with E-state index in [0.717, 1.165) is 21.2 Å². The molecular formula is C15H12BrN3O2. The van der Waals surface area contributed by atoms with Crippen molar-refractivity contribution >= 4 is 21.8 Å². The van der Waals surface area contributed by atoms with Crippen LogP contribution in [0.5, 0.6) is 5.75 Å². The molecule has 2 aromatic heterocycles. The molecule has 2 N–H and O–H groups in total. The summed E-state index contributed by atoms with van der Waals surface area (Å²) >= 11 is 3.42. The zero-order chi connectivity index (χ0) is 14.8. The lowest BCUT2D eigenvalue weighted by Gasteiger charge is -2.08. The molecule has 0 bridgehead atoms. The minimum Gasteiger partial charge on any atom is -0.496 e. The molecule has 2 heterocycles. The molecule has 21 heavy (non-hydrogen) atoms. The van der Waals surface area contributed by atoms with E-state index in [2.05, 4.69) is 26.1 Å². The SMILES string of the molecule is COc1cc(Br)ccc1-c1noc(N)c1-c1ccncc1. The van der Waals surface area contributed by atoms with Gasteiger partial charge < -0.3 is 15.0 Å². The van der Waals surface area contributed by atoms with Crippen molar-refractivity contribution in [3.8, 4) is 28.1 Å². The van der Waals surface area contributed by atoms with Gasteiger partial charge in [-0.15, -0.1) is 0 Å². The Bertz CT molecular complexity index is 772. The van der Waals surface area contributed by atoms with E-state index in [9.17, 15) is 0 Å². The van der Waals surface area contributed by atoms with Crippen molar-refractivity contribution < 1.29 is 9.26 Å². The Kier molecular flexibility index (Phi) is 3.62. The average molecular weight is 346 g/mol. The third kappa shape index (κ3) is 2.50. The maximum Gasteiger partial charge on any atom is 0.230 e. The third-order valence-corrected chi connectivity index (χ3v) is 3.60. The number of anilines is 1. The normalized spacial score (nSPS) is 10.6. The van der Waals surface area contributed by atoms with Crippen LogP contribution >= 0.6 is 15.9 Å². The summed E-state index contributed by atoms with van der Waals surface area (Å²) in [7, 11) is 1.61. The predicted octanol–water partition coefficient (Wildman–Crippen LogP) is 3.76. The lowest BCUT2D eigenvalue weighted by atomic mass is 10.0. The van der Waals surface area contributed by atoms with Gasteiger partial charge in [0.05, 0.1) is 12.7 Å². The summed E-state index contributed by atoms with van der Waals surface area (Å²) in [6.07, 6.45) is 3.40. The number of hydrogen-bond donors (Lipinski definition) is 1. The second-order valence-corrected chi connectivity index (χ2v) is 5.27. The second kappa shape index (κ2) is 5.57. The first-order chi connectivity index (χ1) is 10.2. The van der Waals surface area contributed by atoms with E-state index in [-0.39, 0.29) is 5.88 Å². The fraction of sp³-hybridized carbons (Fsp3) is 0.0667. The van der Waals surface area contributed by atoms with Crippen LogP contribution in [0.25, 0.3) is 22.4 Å². The number of aromatic nitrogens is 2. The standard InChI is InChI=1S/C15H12BrN3O2/c1-20-12-8-10(16)2-3-11(12)14-13(15(17)21-19-14)9-4-6-18-7-5-9/h2-8H,17H2,1H3. The first kappa shape index (κ1) is 13.6. The molecule has 0 saturated carbocycles. The van der Waals surface area contributed by atoms with Crippen molar-refractivity contribution in [1.29, 1.82) is 0 Å². The molecular weight excluding hydrogens is 334 g/mol. The van der Waals surface area contributed by atoms with E-state index in [1.165, 1.54) is 0 Å². The van der Waals surface area contributed by atoms with Crippen LogP contribution in [-0.2, 0) is 0 Å². The van der Waals surface area contributed by atoms with E-state index in [1.807, 2.05) is 30.3 Å². The highest BCUT2D eigenvalue weighted by Gasteiger charge is 2.20. The maximum absolute atomic E-state index is 5.93. The number of nitrogens with zero attached hydrogens (tertiary/aromatic N) is 2. The zero-order valence-electron chi connectivity index (χ0n) is 11.2. The van der Waals surface area contributed by atoms with E-state index < -0.39 is 0 Å². The Labute approximate surface area is 129 Å². The van der Waals surface area contributed by atoms with Crippen LogP contribution in [0.3, 0.4) is 0 Å². The van der Waals surface area contributed by atoms with Gasteiger partial charge in [-0.3, -0.25) is 4.98 Å². The summed E-state index contributed by atoms with van der Waals surface area (Å²) < 4.78 is 11.5. The number of benzene rings is 1. The van der Waals surface area contributed by atoms with Crippen LogP contribution in [0.2, 0.25) is 0 Å². The number of nitrogen functional groups attached to an aromatic ring is 1. The predicted molar refractivity (Wildman–Crippen MR) is 83.8 cm³/mol. The zero-order valence-corrected chi connectivity index (χ0v) is 12.8. The highest BCUT2D eigenvalue weighted by Crippen LogP contribution is 2.40. The minimum absolute atomic E-state index is 0.265. The van der Waals surface area contributed by atoms with Crippen molar-refractivity contribution in [2.24, 2.45) is 0 Å². The molecule has 0 aliphatic rings. The summed E-state index contributed by atoms with van der Waals surface area (Å²) in [5.74, 6) is 0.953.